The highest BCUT2D eigenvalue weighted by atomic mass is 16.5. The van der Waals surface area contributed by atoms with Gasteiger partial charge < -0.3 is 14.4 Å². The zero-order valence-electron chi connectivity index (χ0n) is 14.2. The highest BCUT2D eigenvalue weighted by Gasteiger charge is 2.59. The molecular weight excluding hydrogens is 322 g/mol. The number of cyclic esters (lactones) is 1. The van der Waals surface area contributed by atoms with Crippen molar-refractivity contribution < 1.29 is 23.9 Å². The Kier molecular flexibility index (Phi) is 4.20. The maximum Gasteiger partial charge on any atom is 0.338 e. The average Bonchev–Trinajstić information content (AvgIpc) is 2.78. The van der Waals surface area contributed by atoms with E-state index in [-0.39, 0.29) is 36.8 Å². The van der Waals surface area contributed by atoms with Crippen molar-refractivity contribution in [1.82, 2.24) is 0 Å². The predicted molar refractivity (Wildman–Crippen MR) is 90.7 cm³/mol. The number of fused-ring (bicyclic) bond motifs is 2. The number of rotatable bonds is 4. The van der Waals surface area contributed by atoms with Crippen molar-refractivity contribution in [1.29, 1.82) is 0 Å². The van der Waals surface area contributed by atoms with E-state index >= 15 is 0 Å². The smallest absolute Gasteiger partial charge is 0.338 e. The van der Waals surface area contributed by atoms with Gasteiger partial charge in [0.15, 0.2) is 0 Å². The Morgan fingerprint density at radius 2 is 2.12 bits per heavy atom. The number of benzene rings is 1. The van der Waals surface area contributed by atoms with Gasteiger partial charge in [0.05, 0.1) is 18.6 Å². The normalized spacial score (nSPS) is 22.1. The number of carbonyl (C=O) groups excluding carboxylic acids is 3. The molecule has 6 heteroatoms. The minimum atomic E-state index is -1.41. The summed E-state index contributed by atoms with van der Waals surface area (Å²) in [6.07, 6.45) is 1.37. The van der Waals surface area contributed by atoms with Gasteiger partial charge >= 0.3 is 11.9 Å². The van der Waals surface area contributed by atoms with Gasteiger partial charge in [-0.1, -0.05) is 24.3 Å². The summed E-state index contributed by atoms with van der Waals surface area (Å²) in [6.45, 7) is 7.32. The van der Waals surface area contributed by atoms with Crippen molar-refractivity contribution in [2.75, 3.05) is 18.1 Å². The lowest BCUT2D eigenvalue weighted by atomic mass is 9.70. The molecule has 1 atom stereocenters. The van der Waals surface area contributed by atoms with Crippen LogP contribution in [0, 0.1) is 0 Å². The summed E-state index contributed by atoms with van der Waals surface area (Å²) in [4.78, 5) is 39.7. The topological polar surface area (TPSA) is 72.9 Å². The standard InChI is InChI=1S/C19H19NO5/c1-4-10-20-14-9-7-6-8-13(14)19(18(20)23)11-15(21)25-12(3)16(19)17(22)24-5-2/h4,6-9H,1,5,10-11H2,2-3H3. The van der Waals surface area contributed by atoms with E-state index in [9.17, 15) is 14.4 Å². The third kappa shape index (κ3) is 2.36. The van der Waals surface area contributed by atoms with E-state index in [2.05, 4.69) is 6.58 Å². The van der Waals surface area contributed by atoms with Gasteiger partial charge in [0.25, 0.3) is 0 Å². The Hall–Kier alpha value is -2.89. The highest BCUT2D eigenvalue weighted by molar-refractivity contribution is 6.17. The van der Waals surface area contributed by atoms with Crippen LogP contribution in [0.3, 0.4) is 0 Å². The quantitative estimate of drug-likeness (QED) is 0.620. The molecule has 0 bridgehead atoms. The number of ether oxygens (including phenoxy) is 2. The second kappa shape index (κ2) is 6.20. The summed E-state index contributed by atoms with van der Waals surface area (Å²) in [5.74, 6) is -1.42. The first-order valence-electron chi connectivity index (χ1n) is 8.08. The van der Waals surface area contributed by atoms with Crippen LogP contribution in [0.25, 0.3) is 0 Å². The number of hydrogen-bond donors (Lipinski definition) is 0. The third-order valence-electron chi connectivity index (χ3n) is 4.51. The van der Waals surface area contributed by atoms with Gasteiger partial charge in [-0.3, -0.25) is 9.59 Å². The lowest BCUT2D eigenvalue weighted by molar-refractivity contribution is -0.148. The summed E-state index contributed by atoms with van der Waals surface area (Å²) in [7, 11) is 0. The summed E-state index contributed by atoms with van der Waals surface area (Å²) in [5, 5.41) is 0. The van der Waals surface area contributed by atoms with Gasteiger partial charge in [0.2, 0.25) is 5.91 Å². The molecule has 1 aromatic carbocycles. The van der Waals surface area contributed by atoms with Gasteiger partial charge in [0, 0.05) is 12.2 Å². The molecule has 6 nitrogen and oxygen atoms in total. The molecule has 2 aliphatic rings. The second-order valence-corrected chi connectivity index (χ2v) is 5.93. The zero-order chi connectivity index (χ0) is 18.2. The van der Waals surface area contributed by atoms with Crippen LogP contribution in [0.1, 0.15) is 25.8 Å². The van der Waals surface area contributed by atoms with Crippen LogP contribution in [0.15, 0.2) is 48.3 Å². The van der Waals surface area contributed by atoms with Crippen LogP contribution in [0.4, 0.5) is 5.69 Å². The Bertz CT molecular complexity index is 810. The van der Waals surface area contributed by atoms with Gasteiger partial charge in [-0.05, 0) is 25.5 Å². The minimum Gasteiger partial charge on any atom is -0.463 e. The molecule has 0 aromatic heterocycles. The first-order chi connectivity index (χ1) is 12.0. The fraction of sp³-hybridized carbons (Fsp3) is 0.316. The minimum absolute atomic E-state index is 0.0953. The van der Waals surface area contributed by atoms with E-state index in [0.29, 0.717) is 11.3 Å². The number of carbonyl (C=O) groups is 3. The Morgan fingerprint density at radius 3 is 2.80 bits per heavy atom. The summed E-state index contributed by atoms with van der Waals surface area (Å²) in [6, 6.07) is 7.15. The fourth-order valence-corrected chi connectivity index (χ4v) is 3.63. The molecule has 0 N–H and O–H groups in total. The first kappa shape index (κ1) is 17.0. The number of nitrogens with zero attached hydrogens (tertiary/aromatic N) is 1. The van der Waals surface area contributed by atoms with E-state index in [1.165, 1.54) is 11.8 Å². The molecule has 0 radical (unpaired) electrons. The molecule has 1 unspecified atom stereocenters. The Balaban J connectivity index is 2.29. The molecule has 0 saturated heterocycles. The Labute approximate surface area is 145 Å². The van der Waals surface area contributed by atoms with E-state index in [4.69, 9.17) is 9.47 Å². The molecule has 3 rings (SSSR count). The number of para-hydroxylation sites is 1. The lowest BCUT2D eigenvalue weighted by Crippen LogP contribution is -2.48. The van der Waals surface area contributed by atoms with Gasteiger partial charge in [0.1, 0.15) is 11.2 Å². The zero-order valence-corrected chi connectivity index (χ0v) is 14.2. The number of amides is 1. The molecule has 0 fully saturated rings. The predicted octanol–water partition coefficient (Wildman–Crippen LogP) is 2.24. The van der Waals surface area contributed by atoms with Crippen LogP contribution in [-0.2, 0) is 29.3 Å². The maximum absolute atomic E-state index is 13.4. The summed E-state index contributed by atoms with van der Waals surface area (Å²) in [5.41, 5.74) is -0.0405. The van der Waals surface area contributed by atoms with Crippen LogP contribution in [0.5, 0.6) is 0 Å². The average molecular weight is 341 g/mol. The molecule has 1 amide bonds. The molecule has 0 saturated carbocycles. The SMILES string of the molecule is C=CCN1C(=O)C2(CC(=O)OC(C)=C2C(=O)OCC)c2ccccc21. The van der Waals surface area contributed by atoms with E-state index in [0.717, 1.165) is 0 Å². The molecule has 0 aliphatic carbocycles. The molecular formula is C19H19NO5. The van der Waals surface area contributed by atoms with Crippen LogP contribution in [-0.4, -0.2) is 31.0 Å². The summed E-state index contributed by atoms with van der Waals surface area (Å²) >= 11 is 0. The highest BCUT2D eigenvalue weighted by Crippen LogP contribution is 2.51. The number of hydrogen-bond acceptors (Lipinski definition) is 5. The largest absolute Gasteiger partial charge is 0.463 e. The van der Waals surface area contributed by atoms with E-state index in [1.54, 1.807) is 31.2 Å². The molecule has 2 heterocycles. The first-order valence-corrected chi connectivity index (χ1v) is 8.08. The third-order valence-corrected chi connectivity index (χ3v) is 4.51. The monoisotopic (exact) mass is 341 g/mol. The number of allylic oxidation sites excluding steroid dienone is 1. The van der Waals surface area contributed by atoms with Gasteiger partial charge in [-0.25, -0.2) is 4.79 Å². The van der Waals surface area contributed by atoms with Crippen molar-refractivity contribution in [3.63, 3.8) is 0 Å². The number of esters is 2. The van der Waals surface area contributed by atoms with E-state index in [1.807, 2.05) is 6.07 Å². The molecule has 2 aliphatic heterocycles. The molecule has 130 valence electrons. The fourth-order valence-electron chi connectivity index (χ4n) is 3.63. The lowest BCUT2D eigenvalue weighted by Gasteiger charge is -2.33. The van der Waals surface area contributed by atoms with Crippen molar-refractivity contribution in [3.8, 4) is 0 Å². The van der Waals surface area contributed by atoms with Crippen molar-refractivity contribution in [3.05, 3.63) is 53.8 Å². The second-order valence-electron chi connectivity index (χ2n) is 5.93. The van der Waals surface area contributed by atoms with Crippen molar-refractivity contribution in [2.24, 2.45) is 0 Å². The van der Waals surface area contributed by atoms with Crippen LogP contribution in [0.2, 0.25) is 0 Å². The molecule has 25 heavy (non-hydrogen) atoms. The molecule has 1 aromatic rings. The molecule has 1 spiro atoms. The van der Waals surface area contributed by atoms with E-state index < -0.39 is 17.4 Å². The number of anilines is 1. The van der Waals surface area contributed by atoms with Gasteiger partial charge in [-0.2, -0.15) is 0 Å². The van der Waals surface area contributed by atoms with Crippen LogP contribution >= 0.6 is 0 Å². The maximum atomic E-state index is 13.4. The van der Waals surface area contributed by atoms with Crippen LogP contribution < -0.4 is 4.90 Å². The summed E-state index contributed by atoms with van der Waals surface area (Å²) < 4.78 is 10.3. The van der Waals surface area contributed by atoms with Gasteiger partial charge in [-0.15, -0.1) is 6.58 Å². The Morgan fingerprint density at radius 1 is 1.40 bits per heavy atom. The van der Waals surface area contributed by atoms with Crippen molar-refractivity contribution >= 4 is 23.5 Å². The van der Waals surface area contributed by atoms with Crippen molar-refractivity contribution in [2.45, 2.75) is 25.7 Å².